The van der Waals surface area contributed by atoms with Crippen LogP contribution < -0.4 is 20.1 Å². The smallest absolute Gasteiger partial charge is 0.305 e. The highest BCUT2D eigenvalue weighted by Crippen LogP contribution is 2.34. The van der Waals surface area contributed by atoms with E-state index in [0.29, 0.717) is 16.9 Å². The van der Waals surface area contributed by atoms with E-state index in [9.17, 15) is 33.5 Å². The first-order chi connectivity index (χ1) is 18.7. The molecule has 2 atom stereocenters. The number of hydrogen-bond acceptors (Lipinski definition) is 7. The molecule has 0 aromatic heterocycles. The molecule has 2 amide bonds. The number of ether oxygens (including phenoxy) is 2. The van der Waals surface area contributed by atoms with Gasteiger partial charge in [-0.2, -0.15) is 0 Å². The molecule has 0 heterocycles. The summed E-state index contributed by atoms with van der Waals surface area (Å²) in [5.74, 6) is -4.09. The van der Waals surface area contributed by atoms with Crippen molar-refractivity contribution < 1.29 is 42.9 Å². The third-order valence-electron chi connectivity index (χ3n) is 5.71. The van der Waals surface area contributed by atoms with E-state index in [0.717, 1.165) is 12.1 Å². The molecule has 13 heteroatoms. The lowest BCUT2D eigenvalue weighted by Crippen LogP contribution is -2.54. The Bertz CT molecular complexity index is 1280. The largest absolute Gasteiger partial charge is 0.496 e. The highest BCUT2D eigenvalue weighted by Gasteiger charge is 2.30. The minimum atomic E-state index is -1.46. The van der Waals surface area contributed by atoms with E-state index in [1.807, 2.05) is 0 Å². The SMILES string of the molecule is COc1ccc(C(C)=O)cc1CC(=O)N[C@H](C(=O)N[C@@H](CC(=O)O)C(=O)COc1c(Br)cc(F)cc1Br)C(C)C. The number of halogens is 3. The maximum Gasteiger partial charge on any atom is 0.305 e. The lowest BCUT2D eigenvalue weighted by atomic mass is 10.0. The number of carboxylic acid groups (broad SMARTS) is 1. The monoisotopic (exact) mass is 686 g/mol. The first-order valence-corrected chi connectivity index (χ1v) is 13.6. The maximum atomic E-state index is 13.5. The molecule has 40 heavy (non-hydrogen) atoms. The quantitative estimate of drug-likeness (QED) is 0.254. The number of ketones is 2. The van der Waals surface area contributed by atoms with Crippen LogP contribution in [0.25, 0.3) is 0 Å². The molecule has 10 nitrogen and oxygen atoms in total. The standard InChI is InChI=1S/C27H29Br2FN2O8/c1-13(2)25(32-23(35)8-16-7-15(14(3)33)5-6-22(16)39-4)27(38)31-20(11-24(36)37)21(34)12-40-26-18(28)9-17(30)10-19(26)29/h5-7,9-10,13,20,25H,8,11-12H2,1-4H3,(H,31,38)(H,32,35)(H,36,37)/t20-,25-/m0/s1. The molecule has 2 aromatic carbocycles. The van der Waals surface area contributed by atoms with Gasteiger partial charge in [-0.05, 0) is 75.0 Å². The second kappa shape index (κ2) is 14.9. The molecule has 0 bridgehead atoms. The number of Topliss-reactive ketones (excluding diaryl/α,β-unsaturated/α-hetero) is 2. The topological polar surface area (TPSA) is 148 Å². The fraction of sp³-hybridized carbons (Fsp3) is 0.370. The van der Waals surface area contributed by atoms with Gasteiger partial charge in [0.2, 0.25) is 11.8 Å². The second-order valence-electron chi connectivity index (χ2n) is 9.16. The number of hydrogen-bond donors (Lipinski definition) is 3. The minimum Gasteiger partial charge on any atom is -0.496 e. The molecule has 3 N–H and O–H groups in total. The van der Waals surface area contributed by atoms with Gasteiger partial charge in [-0.1, -0.05) is 13.8 Å². The Labute approximate surface area is 247 Å². The van der Waals surface area contributed by atoms with Crippen molar-refractivity contribution in [1.29, 1.82) is 0 Å². The van der Waals surface area contributed by atoms with Gasteiger partial charge in [0.25, 0.3) is 0 Å². The fourth-order valence-corrected chi connectivity index (χ4v) is 5.02. The van der Waals surface area contributed by atoms with Crippen molar-refractivity contribution in [3.63, 3.8) is 0 Å². The molecule has 0 aliphatic heterocycles. The van der Waals surface area contributed by atoms with Crippen LogP contribution >= 0.6 is 31.9 Å². The first-order valence-electron chi connectivity index (χ1n) is 12.0. The third kappa shape index (κ3) is 9.40. The lowest BCUT2D eigenvalue weighted by Gasteiger charge is -2.25. The molecule has 216 valence electrons. The minimum absolute atomic E-state index is 0.117. The summed E-state index contributed by atoms with van der Waals surface area (Å²) in [4.78, 5) is 62.0. The van der Waals surface area contributed by atoms with Gasteiger partial charge >= 0.3 is 5.97 Å². The van der Waals surface area contributed by atoms with Crippen LogP contribution in [0.1, 0.15) is 43.1 Å². The number of methoxy groups -OCH3 is 1. The Morgan fingerprint density at radius 1 is 1.02 bits per heavy atom. The molecule has 0 aliphatic carbocycles. The Morgan fingerprint density at radius 3 is 2.17 bits per heavy atom. The van der Waals surface area contributed by atoms with Crippen LogP contribution in [0.15, 0.2) is 39.3 Å². The number of carboxylic acids is 1. The second-order valence-corrected chi connectivity index (χ2v) is 10.9. The molecule has 0 saturated carbocycles. The third-order valence-corrected chi connectivity index (χ3v) is 6.89. The highest BCUT2D eigenvalue weighted by molar-refractivity contribution is 9.11. The van der Waals surface area contributed by atoms with E-state index in [1.165, 1.54) is 20.1 Å². The number of carbonyl (C=O) groups excluding carboxylic acids is 4. The summed E-state index contributed by atoms with van der Waals surface area (Å²) >= 11 is 6.26. The van der Waals surface area contributed by atoms with Gasteiger partial charge < -0.3 is 25.2 Å². The van der Waals surface area contributed by atoms with Crippen molar-refractivity contribution in [2.24, 2.45) is 5.92 Å². The molecular formula is C27H29Br2FN2O8. The number of nitrogens with one attached hydrogen (secondary N) is 2. The molecule has 0 radical (unpaired) electrons. The van der Waals surface area contributed by atoms with Crippen molar-refractivity contribution >= 4 is 61.2 Å². The van der Waals surface area contributed by atoms with Crippen molar-refractivity contribution in [2.75, 3.05) is 13.7 Å². The summed E-state index contributed by atoms with van der Waals surface area (Å²) in [6.45, 7) is 4.11. The zero-order valence-corrected chi connectivity index (χ0v) is 25.4. The van der Waals surface area contributed by atoms with E-state index in [-0.39, 0.29) is 26.9 Å². The Morgan fingerprint density at radius 2 is 1.65 bits per heavy atom. The number of benzene rings is 2. The lowest BCUT2D eigenvalue weighted by molar-refractivity contribution is -0.141. The molecule has 0 saturated heterocycles. The first kappa shape index (κ1) is 32.9. The van der Waals surface area contributed by atoms with E-state index in [1.54, 1.807) is 26.0 Å². The van der Waals surface area contributed by atoms with Crippen LogP contribution in [0.4, 0.5) is 4.39 Å². The normalized spacial score (nSPS) is 12.3. The van der Waals surface area contributed by atoms with Crippen molar-refractivity contribution in [1.82, 2.24) is 10.6 Å². The predicted octanol–water partition coefficient (Wildman–Crippen LogP) is 3.85. The Hall–Kier alpha value is -3.32. The van der Waals surface area contributed by atoms with E-state index in [4.69, 9.17) is 9.47 Å². The van der Waals surface area contributed by atoms with E-state index >= 15 is 0 Å². The Balaban J connectivity index is 2.15. The summed E-state index contributed by atoms with van der Waals surface area (Å²) < 4.78 is 24.7. The maximum absolute atomic E-state index is 13.5. The van der Waals surface area contributed by atoms with Crippen molar-refractivity contribution in [3.05, 3.63) is 56.2 Å². The summed E-state index contributed by atoms with van der Waals surface area (Å²) in [5.41, 5.74) is 0.823. The van der Waals surface area contributed by atoms with Gasteiger partial charge in [-0.15, -0.1) is 0 Å². The zero-order chi connectivity index (χ0) is 30.1. The highest BCUT2D eigenvalue weighted by atomic mass is 79.9. The van der Waals surface area contributed by atoms with Crippen LogP contribution in [-0.4, -0.2) is 60.3 Å². The van der Waals surface area contributed by atoms with Crippen LogP contribution in [-0.2, 0) is 25.6 Å². The van der Waals surface area contributed by atoms with Gasteiger partial charge in [0.05, 0.1) is 28.9 Å². The number of amides is 2. The van der Waals surface area contributed by atoms with E-state index < -0.39 is 60.4 Å². The van der Waals surface area contributed by atoms with Crippen molar-refractivity contribution in [3.8, 4) is 11.5 Å². The average molecular weight is 688 g/mol. The van der Waals surface area contributed by atoms with Gasteiger partial charge in [-0.3, -0.25) is 24.0 Å². The van der Waals surface area contributed by atoms with E-state index in [2.05, 4.69) is 42.5 Å². The molecule has 0 unspecified atom stereocenters. The van der Waals surface area contributed by atoms with Crippen LogP contribution in [0.5, 0.6) is 11.5 Å². The van der Waals surface area contributed by atoms with Crippen LogP contribution in [0.3, 0.4) is 0 Å². The average Bonchev–Trinajstić information content (AvgIpc) is 2.85. The number of rotatable bonds is 14. The van der Waals surface area contributed by atoms with Gasteiger partial charge in [0, 0.05) is 11.1 Å². The zero-order valence-electron chi connectivity index (χ0n) is 22.2. The Kier molecular flexibility index (Phi) is 12.2. The van der Waals surface area contributed by atoms with Crippen molar-refractivity contribution in [2.45, 2.75) is 45.7 Å². The number of aliphatic carboxylic acids is 1. The van der Waals surface area contributed by atoms with Crippen LogP contribution in [0, 0.1) is 11.7 Å². The molecule has 2 rings (SSSR count). The molecule has 0 fully saturated rings. The predicted molar refractivity (Wildman–Crippen MR) is 150 cm³/mol. The van der Waals surface area contributed by atoms with Gasteiger partial charge in [0.1, 0.15) is 36.0 Å². The van der Waals surface area contributed by atoms with Crippen LogP contribution in [0.2, 0.25) is 0 Å². The summed E-state index contributed by atoms with van der Waals surface area (Å²) in [5, 5.41) is 14.3. The number of carbonyl (C=O) groups is 5. The molecule has 0 spiro atoms. The van der Waals surface area contributed by atoms with Gasteiger partial charge in [-0.25, -0.2) is 4.39 Å². The molecular weight excluding hydrogens is 659 g/mol. The summed E-state index contributed by atoms with van der Waals surface area (Å²) in [6, 6.07) is 4.35. The summed E-state index contributed by atoms with van der Waals surface area (Å²) in [6.07, 6.45) is -0.930. The fourth-order valence-electron chi connectivity index (χ4n) is 3.66. The summed E-state index contributed by atoms with van der Waals surface area (Å²) in [7, 11) is 1.42. The van der Waals surface area contributed by atoms with Gasteiger partial charge in [0.15, 0.2) is 11.6 Å². The molecule has 0 aliphatic rings. The molecule has 2 aromatic rings.